The summed E-state index contributed by atoms with van der Waals surface area (Å²) in [5.41, 5.74) is 22.5. The molecule has 54 heavy (non-hydrogen) atoms. The number of aliphatic hydroxyl groups excluding tert-OH is 1. The topological polar surface area (TPSA) is 349 Å². The molecule has 0 aromatic rings. The van der Waals surface area contributed by atoms with Gasteiger partial charge in [-0.3, -0.25) is 33.8 Å². The molecule has 0 fully saturated rings. The molecule has 0 aliphatic carbocycles. The van der Waals surface area contributed by atoms with E-state index in [0.717, 1.165) is 0 Å². The molecule has 0 radical (unpaired) electrons. The van der Waals surface area contributed by atoms with Crippen LogP contribution in [0.25, 0.3) is 0 Å². The van der Waals surface area contributed by atoms with Crippen molar-refractivity contribution < 1.29 is 43.8 Å². The van der Waals surface area contributed by atoms with Crippen LogP contribution >= 0.6 is 0 Å². The third kappa shape index (κ3) is 19.5. The first-order valence-electron chi connectivity index (χ1n) is 18.4. The van der Waals surface area contributed by atoms with Crippen molar-refractivity contribution in [2.45, 2.75) is 123 Å². The number of aliphatic imine (C=N–C) groups is 1. The molecule has 0 spiro atoms. The van der Waals surface area contributed by atoms with Gasteiger partial charge in [-0.25, -0.2) is 4.79 Å². The third-order valence-corrected chi connectivity index (χ3v) is 8.55. The third-order valence-electron chi connectivity index (χ3n) is 8.55. The molecule has 6 amide bonds. The van der Waals surface area contributed by atoms with Crippen LogP contribution in [0.5, 0.6) is 0 Å². The van der Waals surface area contributed by atoms with Crippen molar-refractivity contribution in [1.82, 2.24) is 31.9 Å². The van der Waals surface area contributed by atoms with E-state index in [0.29, 0.717) is 25.8 Å². The van der Waals surface area contributed by atoms with Crippen molar-refractivity contribution >= 4 is 47.4 Å². The van der Waals surface area contributed by atoms with Gasteiger partial charge in [0.15, 0.2) is 5.96 Å². The minimum absolute atomic E-state index is 0.0296. The number of carboxylic acids is 1. The second kappa shape index (κ2) is 26.3. The molecular formula is C34H65N11O9. The van der Waals surface area contributed by atoms with E-state index in [1.807, 2.05) is 0 Å². The van der Waals surface area contributed by atoms with Crippen LogP contribution < -0.4 is 54.8 Å². The monoisotopic (exact) mass is 771 g/mol. The van der Waals surface area contributed by atoms with Crippen LogP contribution in [0.2, 0.25) is 0 Å². The van der Waals surface area contributed by atoms with Gasteiger partial charge in [-0.05, 0) is 62.8 Å². The van der Waals surface area contributed by atoms with Gasteiger partial charge in [0, 0.05) is 6.54 Å². The molecule has 0 aliphatic rings. The first-order valence-corrected chi connectivity index (χ1v) is 18.4. The Morgan fingerprint density at radius 1 is 0.704 bits per heavy atom. The predicted octanol–water partition coefficient (Wildman–Crippen LogP) is -3.14. The molecule has 0 saturated heterocycles. The summed E-state index contributed by atoms with van der Waals surface area (Å²) in [6.45, 7) is 9.52. The molecule has 0 aromatic heterocycles. The zero-order valence-electron chi connectivity index (χ0n) is 32.5. The van der Waals surface area contributed by atoms with Gasteiger partial charge in [-0.1, -0.05) is 48.0 Å². The molecular weight excluding hydrogens is 706 g/mol. The van der Waals surface area contributed by atoms with Crippen LogP contribution in [-0.2, 0) is 33.6 Å². The van der Waals surface area contributed by atoms with E-state index in [1.165, 1.54) is 0 Å². The molecule has 0 aliphatic heterocycles. The Morgan fingerprint density at radius 2 is 1.26 bits per heavy atom. The average molecular weight is 772 g/mol. The zero-order chi connectivity index (χ0) is 41.5. The molecule has 20 heteroatoms. The van der Waals surface area contributed by atoms with Crippen molar-refractivity contribution in [3.63, 3.8) is 0 Å². The van der Waals surface area contributed by atoms with E-state index in [1.54, 1.807) is 41.5 Å². The highest BCUT2D eigenvalue weighted by atomic mass is 16.4. The van der Waals surface area contributed by atoms with Gasteiger partial charge in [-0.2, -0.15) is 0 Å². The number of carbonyl (C=O) groups excluding carboxylic acids is 6. The van der Waals surface area contributed by atoms with Gasteiger partial charge in [0.1, 0.15) is 30.2 Å². The maximum Gasteiger partial charge on any atom is 0.326 e. The van der Waals surface area contributed by atoms with Gasteiger partial charge in [0.25, 0.3) is 0 Å². The highest BCUT2D eigenvalue weighted by Crippen LogP contribution is 2.11. The van der Waals surface area contributed by atoms with Crippen molar-refractivity contribution in [2.75, 3.05) is 26.2 Å². The Kier molecular flexibility index (Phi) is 24.0. The normalized spacial score (nSPS) is 15.0. The lowest BCUT2D eigenvalue weighted by atomic mass is 9.97. The molecule has 7 atom stereocenters. The van der Waals surface area contributed by atoms with Gasteiger partial charge >= 0.3 is 5.97 Å². The average Bonchev–Trinajstić information content (AvgIpc) is 3.10. The van der Waals surface area contributed by atoms with E-state index in [-0.39, 0.29) is 50.0 Å². The molecule has 20 nitrogen and oxygen atoms in total. The molecule has 0 bridgehead atoms. The second-order valence-electron chi connectivity index (χ2n) is 14.0. The van der Waals surface area contributed by atoms with Crippen molar-refractivity contribution in [2.24, 2.45) is 45.7 Å². The number of nitrogens with zero attached hydrogens (tertiary/aromatic N) is 1. The van der Waals surface area contributed by atoms with E-state index in [2.05, 4.69) is 36.9 Å². The number of hydrogen-bond acceptors (Lipinski definition) is 11. The second-order valence-corrected chi connectivity index (χ2v) is 14.0. The zero-order valence-corrected chi connectivity index (χ0v) is 32.5. The lowest BCUT2D eigenvalue weighted by Crippen LogP contribution is -2.60. The van der Waals surface area contributed by atoms with Crippen LogP contribution in [0.15, 0.2) is 4.99 Å². The van der Waals surface area contributed by atoms with E-state index < -0.39 is 96.7 Å². The van der Waals surface area contributed by atoms with Crippen LogP contribution in [0.4, 0.5) is 0 Å². The summed E-state index contributed by atoms with van der Waals surface area (Å²) >= 11 is 0. The summed E-state index contributed by atoms with van der Waals surface area (Å²) in [6, 6.07) is -7.12. The molecule has 0 aromatic carbocycles. The van der Waals surface area contributed by atoms with Gasteiger partial charge in [0.2, 0.25) is 35.4 Å². The van der Waals surface area contributed by atoms with Crippen LogP contribution in [0.3, 0.4) is 0 Å². The number of amides is 6. The minimum atomic E-state index is -1.54. The predicted molar refractivity (Wildman–Crippen MR) is 202 cm³/mol. The standard InChI is InChI=1S/C34H65N11O9/c1-7-20(6)27(32(52)44-24(17-46)28(48)40-16-25(47)41-23(33(53)54)15-18(2)3)45-30(50)22(12-10-14-39-34(37)38)42-29(49)21(11-8-9-13-35)43-31(51)26(36)19(4)5/h18-24,26-27,46H,7-17,35-36H2,1-6H3,(H,40,48)(H,41,47)(H,42,49)(H,43,51)(H,44,52)(H,45,50)(H,53,54)(H4,37,38,39)/t20-,21-,22-,23-,24-,26-,27-/m0/s1. The van der Waals surface area contributed by atoms with E-state index in [4.69, 9.17) is 22.9 Å². The van der Waals surface area contributed by atoms with Gasteiger partial charge < -0.3 is 65.0 Å². The lowest BCUT2D eigenvalue weighted by Gasteiger charge is -2.29. The Bertz CT molecular complexity index is 1260. The fraction of sp³-hybridized carbons (Fsp3) is 0.765. The maximum absolute atomic E-state index is 13.8. The molecule has 310 valence electrons. The smallest absolute Gasteiger partial charge is 0.326 e. The number of carbonyl (C=O) groups is 7. The number of rotatable bonds is 27. The molecule has 0 saturated carbocycles. The van der Waals surface area contributed by atoms with Crippen molar-refractivity contribution in [3.8, 4) is 0 Å². The van der Waals surface area contributed by atoms with Crippen LogP contribution in [0, 0.1) is 17.8 Å². The van der Waals surface area contributed by atoms with Gasteiger partial charge in [0.05, 0.1) is 19.2 Å². The van der Waals surface area contributed by atoms with Crippen LogP contribution in [-0.4, -0.2) is 120 Å². The molecule has 0 rings (SSSR count). The summed E-state index contributed by atoms with van der Waals surface area (Å²) < 4.78 is 0. The fourth-order valence-electron chi connectivity index (χ4n) is 5.02. The highest BCUT2D eigenvalue weighted by Gasteiger charge is 2.34. The highest BCUT2D eigenvalue weighted by molar-refractivity contribution is 5.96. The lowest BCUT2D eigenvalue weighted by molar-refractivity contribution is -0.142. The summed E-state index contributed by atoms with van der Waals surface area (Å²) in [5, 5.41) is 34.2. The Morgan fingerprint density at radius 3 is 1.76 bits per heavy atom. The summed E-state index contributed by atoms with van der Waals surface area (Å²) in [4.78, 5) is 94.3. The first kappa shape index (κ1) is 49.4. The van der Waals surface area contributed by atoms with Crippen LogP contribution in [0.1, 0.15) is 86.5 Å². The number of nitrogens with one attached hydrogen (secondary N) is 6. The Hall–Kier alpha value is -4.56. The molecule has 0 unspecified atom stereocenters. The number of carboxylic acid groups (broad SMARTS) is 1. The first-order chi connectivity index (χ1) is 25.3. The SMILES string of the molecule is CC[C@H](C)[C@H](NC(=O)[C@H](CCCN=C(N)N)NC(=O)[C@H](CCCCN)NC(=O)[C@@H](N)C(C)C)C(=O)N[C@@H](CO)C(=O)NCC(=O)N[C@@H](CC(C)C)C(=O)O. The summed E-state index contributed by atoms with van der Waals surface area (Å²) in [6.07, 6.45) is 2.10. The molecule has 16 N–H and O–H groups in total. The minimum Gasteiger partial charge on any atom is -0.480 e. The van der Waals surface area contributed by atoms with Crippen molar-refractivity contribution in [1.29, 1.82) is 0 Å². The van der Waals surface area contributed by atoms with E-state index in [9.17, 15) is 43.8 Å². The molecule has 0 heterocycles. The number of hydrogen-bond donors (Lipinski definition) is 12. The fourth-order valence-corrected chi connectivity index (χ4v) is 5.02. The van der Waals surface area contributed by atoms with E-state index >= 15 is 0 Å². The quantitative estimate of drug-likeness (QED) is 0.0223. The Balaban J connectivity index is 6.04. The van der Waals surface area contributed by atoms with Gasteiger partial charge in [-0.15, -0.1) is 0 Å². The number of aliphatic hydroxyl groups is 1. The Labute approximate surface area is 317 Å². The maximum atomic E-state index is 13.8. The number of aliphatic carboxylic acids is 1. The number of guanidine groups is 1. The summed E-state index contributed by atoms with van der Waals surface area (Å²) in [7, 11) is 0. The largest absolute Gasteiger partial charge is 0.480 e. The van der Waals surface area contributed by atoms with Crippen molar-refractivity contribution in [3.05, 3.63) is 0 Å². The summed E-state index contributed by atoms with van der Waals surface area (Å²) in [5.74, 6) is -6.68. The number of unbranched alkanes of at least 4 members (excludes halogenated alkanes) is 1. The number of nitrogens with two attached hydrogens (primary N) is 4.